The van der Waals surface area contributed by atoms with Crippen molar-refractivity contribution in [1.29, 1.82) is 0 Å². The normalized spacial score (nSPS) is 22.6. The molecule has 0 aromatic carbocycles. The summed E-state index contributed by atoms with van der Waals surface area (Å²) in [5.74, 6) is -2.79. The average molecular weight is 673 g/mol. The van der Waals surface area contributed by atoms with E-state index < -0.39 is 86.6 Å². The number of esters is 4. The predicted molar refractivity (Wildman–Crippen MR) is 171 cm³/mol. The number of carbonyl (C=O) groups is 4. The molecule has 1 heterocycles. The molecule has 13 nitrogen and oxygen atoms in total. The molecule has 1 aliphatic heterocycles. The van der Waals surface area contributed by atoms with E-state index in [0.29, 0.717) is 12.8 Å². The lowest BCUT2D eigenvalue weighted by Gasteiger charge is -2.44. The summed E-state index contributed by atoms with van der Waals surface area (Å²) in [4.78, 5) is 49.8. The molecule has 1 rings (SSSR count). The van der Waals surface area contributed by atoms with Crippen molar-refractivity contribution < 1.29 is 62.9 Å². The molecule has 0 radical (unpaired) electrons. The van der Waals surface area contributed by atoms with E-state index in [1.165, 1.54) is 0 Å². The summed E-state index contributed by atoms with van der Waals surface area (Å²) in [6.07, 6.45) is 6.91. The highest BCUT2D eigenvalue weighted by Gasteiger charge is 2.53. The van der Waals surface area contributed by atoms with Crippen LogP contribution in [0.1, 0.15) is 105 Å². The van der Waals surface area contributed by atoms with Crippen molar-refractivity contribution in [2.45, 2.75) is 148 Å². The third-order valence-electron chi connectivity index (χ3n) is 7.25. The minimum absolute atomic E-state index is 0.0293. The summed E-state index contributed by atoms with van der Waals surface area (Å²) in [6, 6.07) is 0. The second kappa shape index (κ2) is 25.2. The van der Waals surface area contributed by atoms with Gasteiger partial charge in [0, 0.05) is 26.7 Å². The highest BCUT2D eigenvalue weighted by molar-refractivity contribution is 5.71. The van der Waals surface area contributed by atoms with Crippen LogP contribution in [0.15, 0.2) is 24.3 Å². The van der Waals surface area contributed by atoms with Crippen LogP contribution in [0.4, 0.5) is 0 Å². The molecule has 1 fully saturated rings. The second-order valence-electron chi connectivity index (χ2n) is 11.5. The molecule has 13 heteroatoms. The van der Waals surface area contributed by atoms with Crippen LogP contribution in [0.5, 0.6) is 0 Å². The maximum absolute atomic E-state index is 12.9. The van der Waals surface area contributed by atoms with Crippen LogP contribution >= 0.6 is 0 Å². The summed E-state index contributed by atoms with van der Waals surface area (Å²) >= 11 is 0. The van der Waals surface area contributed by atoms with Crippen molar-refractivity contribution in [2.24, 2.45) is 0 Å². The monoisotopic (exact) mass is 672 g/mol. The molecule has 0 amide bonds. The van der Waals surface area contributed by atoms with Crippen LogP contribution in [0.2, 0.25) is 0 Å². The zero-order valence-corrected chi connectivity index (χ0v) is 28.4. The molecule has 1 saturated heterocycles. The molecule has 0 aromatic rings. The molecule has 3 N–H and O–H groups in total. The lowest BCUT2D eigenvalue weighted by Crippen LogP contribution is -2.63. The van der Waals surface area contributed by atoms with E-state index in [4.69, 9.17) is 28.4 Å². The van der Waals surface area contributed by atoms with Gasteiger partial charge in [0.15, 0.2) is 24.6 Å². The number of carbonyl (C=O) groups excluding carboxylic acids is 4. The van der Waals surface area contributed by atoms with Gasteiger partial charge in [0.05, 0.1) is 13.2 Å². The Labute approximate surface area is 278 Å². The first kappa shape index (κ1) is 42.2. The number of hydrogen-bond acceptors (Lipinski definition) is 13. The van der Waals surface area contributed by atoms with Gasteiger partial charge in [-0.15, -0.1) is 0 Å². The van der Waals surface area contributed by atoms with Crippen LogP contribution in [0.25, 0.3) is 0 Å². The average Bonchev–Trinajstić information content (AvgIpc) is 3.03. The van der Waals surface area contributed by atoms with Crippen LogP contribution in [0.3, 0.4) is 0 Å². The van der Waals surface area contributed by atoms with Gasteiger partial charge in [0.2, 0.25) is 0 Å². The van der Waals surface area contributed by atoms with Crippen LogP contribution < -0.4 is 0 Å². The molecule has 0 saturated carbocycles. The number of unbranched alkanes of at least 4 members (excludes halogenated alkanes) is 6. The Morgan fingerprint density at radius 3 is 1.77 bits per heavy atom. The Morgan fingerprint density at radius 2 is 1.23 bits per heavy atom. The van der Waals surface area contributed by atoms with Crippen molar-refractivity contribution in [2.75, 3.05) is 19.8 Å². The van der Waals surface area contributed by atoms with Crippen molar-refractivity contribution in [3.05, 3.63) is 24.3 Å². The van der Waals surface area contributed by atoms with E-state index in [1.807, 2.05) is 24.3 Å². The molecule has 0 aromatic heterocycles. The second-order valence-corrected chi connectivity index (χ2v) is 11.5. The quantitative estimate of drug-likeness (QED) is 0.0586. The third kappa shape index (κ3) is 18.3. The minimum atomic E-state index is -1.55. The van der Waals surface area contributed by atoms with Crippen molar-refractivity contribution in [1.82, 2.24) is 0 Å². The molecular weight excluding hydrogens is 616 g/mol. The number of rotatable bonds is 24. The Balaban J connectivity index is 3.13. The molecule has 47 heavy (non-hydrogen) atoms. The highest BCUT2D eigenvalue weighted by atomic mass is 16.7. The number of allylic oxidation sites excluding steroid dienone is 4. The summed E-state index contributed by atoms with van der Waals surface area (Å²) < 4.78 is 33.7. The zero-order chi connectivity index (χ0) is 35.0. The third-order valence-corrected chi connectivity index (χ3v) is 7.25. The van der Waals surface area contributed by atoms with E-state index >= 15 is 0 Å². The van der Waals surface area contributed by atoms with Gasteiger partial charge in [-0.05, 0) is 38.5 Å². The lowest BCUT2D eigenvalue weighted by atomic mass is 9.98. The minimum Gasteiger partial charge on any atom is -0.463 e. The zero-order valence-electron chi connectivity index (χ0n) is 28.4. The molecule has 270 valence electrons. The van der Waals surface area contributed by atoms with Crippen molar-refractivity contribution in [3.8, 4) is 0 Å². The van der Waals surface area contributed by atoms with Crippen LogP contribution in [-0.4, -0.2) is 102 Å². The largest absolute Gasteiger partial charge is 0.463 e. The first-order valence-corrected chi connectivity index (χ1v) is 16.8. The van der Waals surface area contributed by atoms with Crippen LogP contribution in [-0.2, 0) is 47.6 Å². The van der Waals surface area contributed by atoms with E-state index in [9.17, 15) is 34.5 Å². The Hall–Kier alpha value is -2.84. The van der Waals surface area contributed by atoms with Crippen LogP contribution in [0, 0.1) is 0 Å². The first-order valence-electron chi connectivity index (χ1n) is 16.8. The van der Waals surface area contributed by atoms with Gasteiger partial charge >= 0.3 is 23.9 Å². The SMILES string of the molecule is CCCCC/C=C/CCC(=O)OC[C@H]1O[C@@H](OC[C@H](O)[C@H](O)CO)[C@@H](OC(=O)CC/C=C/CCCCC)[C@@H](OC(C)=O)[C@@H]1OC(C)=O. The molecule has 0 spiro atoms. The Morgan fingerprint density at radius 1 is 0.702 bits per heavy atom. The summed E-state index contributed by atoms with van der Waals surface area (Å²) in [5, 5.41) is 29.2. The smallest absolute Gasteiger partial charge is 0.306 e. The van der Waals surface area contributed by atoms with Gasteiger partial charge in [-0.3, -0.25) is 19.2 Å². The van der Waals surface area contributed by atoms with Crippen molar-refractivity contribution >= 4 is 23.9 Å². The maximum Gasteiger partial charge on any atom is 0.306 e. The van der Waals surface area contributed by atoms with Gasteiger partial charge in [-0.25, -0.2) is 0 Å². The van der Waals surface area contributed by atoms with Gasteiger partial charge in [-0.1, -0.05) is 63.8 Å². The topological polar surface area (TPSA) is 184 Å². The van der Waals surface area contributed by atoms with Gasteiger partial charge in [0.25, 0.3) is 0 Å². The molecule has 0 aliphatic carbocycles. The van der Waals surface area contributed by atoms with E-state index in [0.717, 1.165) is 65.2 Å². The van der Waals surface area contributed by atoms with E-state index in [1.54, 1.807) is 0 Å². The molecule has 7 atom stereocenters. The standard InChI is InChI=1S/C34H56O13/c1-5-7-9-11-13-15-17-19-29(40)42-23-28-31(44-24(3)36)32(45-25(4)37)33(34(46-28)43-22-27(39)26(38)21-35)47-30(41)20-18-16-14-12-10-8-6-2/h13-16,26-28,31-35,38-39H,5-12,17-23H2,1-4H3/b15-13+,16-14+/t26-,27+,28-,31-,32+,33+,34-/m1/s1. The Kier molecular flexibility index (Phi) is 22.6. The molecule has 0 unspecified atom stereocenters. The van der Waals surface area contributed by atoms with E-state index in [-0.39, 0.29) is 12.8 Å². The number of ether oxygens (including phenoxy) is 6. The summed E-state index contributed by atoms with van der Waals surface area (Å²) in [6.45, 7) is 4.72. The number of aliphatic hydroxyl groups is 3. The van der Waals surface area contributed by atoms with Gasteiger partial charge in [-0.2, -0.15) is 0 Å². The Bertz CT molecular complexity index is 966. The van der Waals surface area contributed by atoms with Gasteiger partial charge < -0.3 is 43.7 Å². The molecule has 1 aliphatic rings. The number of hydrogen-bond donors (Lipinski definition) is 3. The summed E-state index contributed by atoms with van der Waals surface area (Å²) in [7, 11) is 0. The first-order chi connectivity index (χ1) is 22.5. The number of aliphatic hydroxyl groups excluding tert-OH is 3. The highest BCUT2D eigenvalue weighted by Crippen LogP contribution is 2.30. The lowest BCUT2D eigenvalue weighted by molar-refractivity contribution is -0.312. The molecule has 0 bridgehead atoms. The van der Waals surface area contributed by atoms with Gasteiger partial charge in [0.1, 0.15) is 24.9 Å². The fourth-order valence-electron chi connectivity index (χ4n) is 4.71. The fraction of sp³-hybridized carbons (Fsp3) is 0.765. The maximum atomic E-state index is 12.9. The molecular formula is C34H56O13. The fourth-order valence-corrected chi connectivity index (χ4v) is 4.71. The summed E-state index contributed by atoms with van der Waals surface area (Å²) in [5.41, 5.74) is 0. The van der Waals surface area contributed by atoms with E-state index in [2.05, 4.69) is 13.8 Å². The van der Waals surface area contributed by atoms with Crippen molar-refractivity contribution in [3.63, 3.8) is 0 Å². The predicted octanol–water partition coefficient (Wildman–Crippen LogP) is 3.59.